The number of carbonyl (C=O) groups excluding carboxylic acids is 1. The highest BCUT2D eigenvalue weighted by atomic mass is 16.2. The lowest BCUT2D eigenvalue weighted by molar-refractivity contribution is -0.117. The van der Waals surface area contributed by atoms with E-state index in [1.165, 1.54) is 0 Å². The Kier molecular flexibility index (Phi) is 4.64. The Morgan fingerprint density at radius 2 is 1.90 bits per heavy atom. The Labute approximate surface area is 168 Å². The lowest BCUT2D eigenvalue weighted by Gasteiger charge is -2.20. The van der Waals surface area contributed by atoms with E-state index in [4.69, 9.17) is 0 Å². The van der Waals surface area contributed by atoms with Crippen LogP contribution in [0.3, 0.4) is 0 Å². The molecule has 1 aromatic carbocycles. The van der Waals surface area contributed by atoms with E-state index in [9.17, 15) is 9.59 Å². The van der Waals surface area contributed by atoms with Gasteiger partial charge in [0.15, 0.2) is 5.65 Å². The highest BCUT2D eigenvalue weighted by molar-refractivity contribution is 5.95. The number of aromatic amines is 1. The molecule has 29 heavy (non-hydrogen) atoms. The molecule has 2 N–H and O–H groups in total. The molecule has 0 aliphatic carbocycles. The maximum atomic E-state index is 12.5. The first kappa shape index (κ1) is 19.2. The summed E-state index contributed by atoms with van der Waals surface area (Å²) in [5.41, 5.74) is 2.01. The van der Waals surface area contributed by atoms with E-state index >= 15 is 0 Å². The van der Waals surface area contributed by atoms with Gasteiger partial charge in [-0.15, -0.1) is 0 Å². The van der Waals surface area contributed by atoms with Crippen LogP contribution in [0.1, 0.15) is 52.1 Å². The summed E-state index contributed by atoms with van der Waals surface area (Å²) in [5.74, 6) is 0.578. The maximum Gasteiger partial charge on any atom is 0.263 e. The molecule has 1 unspecified atom stereocenters. The normalized spacial score (nSPS) is 15.9. The smallest absolute Gasteiger partial charge is 0.263 e. The molecular weight excluding hydrogens is 368 g/mol. The fourth-order valence-corrected chi connectivity index (χ4v) is 3.63. The first-order valence-corrected chi connectivity index (χ1v) is 9.89. The van der Waals surface area contributed by atoms with Gasteiger partial charge in [0.2, 0.25) is 11.9 Å². The van der Waals surface area contributed by atoms with Gasteiger partial charge in [-0.25, -0.2) is 4.68 Å². The molecule has 1 aliphatic rings. The van der Waals surface area contributed by atoms with Crippen LogP contribution in [0.4, 0.5) is 11.6 Å². The summed E-state index contributed by atoms with van der Waals surface area (Å²) in [4.78, 5) is 33.6. The average molecular weight is 394 g/mol. The number of benzene rings is 1. The monoisotopic (exact) mass is 394 g/mol. The van der Waals surface area contributed by atoms with Crippen LogP contribution in [0.25, 0.3) is 11.0 Å². The Morgan fingerprint density at radius 3 is 2.52 bits per heavy atom. The van der Waals surface area contributed by atoms with Crippen molar-refractivity contribution in [2.24, 2.45) is 0 Å². The molecule has 8 nitrogen and oxygen atoms in total. The molecule has 2 aromatic heterocycles. The van der Waals surface area contributed by atoms with Gasteiger partial charge >= 0.3 is 0 Å². The predicted octanol–water partition coefficient (Wildman–Crippen LogP) is 3.17. The molecule has 3 heterocycles. The zero-order valence-corrected chi connectivity index (χ0v) is 17.2. The van der Waals surface area contributed by atoms with Crippen LogP contribution >= 0.6 is 0 Å². The SMILES string of the molecule is CC(Nc1nc2c(cnn2C(C)(C)C)c(=O)[nH]1)c1ccc(N2CCCC2=O)cc1. The van der Waals surface area contributed by atoms with Crippen molar-refractivity contribution in [1.29, 1.82) is 0 Å². The van der Waals surface area contributed by atoms with Gasteiger partial charge in [0.1, 0.15) is 5.39 Å². The van der Waals surface area contributed by atoms with E-state index < -0.39 is 0 Å². The quantitative estimate of drug-likeness (QED) is 0.709. The van der Waals surface area contributed by atoms with E-state index in [0.717, 1.165) is 24.2 Å². The number of aromatic nitrogens is 4. The molecule has 0 saturated carbocycles. The molecule has 0 spiro atoms. The summed E-state index contributed by atoms with van der Waals surface area (Å²) < 4.78 is 1.76. The van der Waals surface area contributed by atoms with Gasteiger partial charge in [-0.05, 0) is 51.8 Å². The minimum Gasteiger partial charge on any atom is -0.349 e. The van der Waals surface area contributed by atoms with Crippen molar-refractivity contribution in [3.05, 3.63) is 46.4 Å². The Hall–Kier alpha value is -3.16. The molecule has 4 rings (SSSR count). The largest absolute Gasteiger partial charge is 0.349 e. The van der Waals surface area contributed by atoms with Gasteiger partial charge < -0.3 is 10.2 Å². The number of hydrogen-bond acceptors (Lipinski definition) is 5. The summed E-state index contributed by atoms with van der Waals surface area (Å²) in [6, 6.07) is 7.84. The number of hydrogen-bond donors (Lipinski definition) is 2. The Morgan fingerprint density at radius 1 is 1.17 bits per heavy atom. The van der Waals surface area contributed by atoms with Crippen LogP contribution in [0.2, 0.25) is 0 Å². The predicted molar refractivity (Wildman–Crippen MR) is 113 cm³/mol. The van der Waals surface area contributed by atoms with Crippen molar-refractivity contribution in [2.75, 3.05) is 16.8 Å². The van der Waals surface area contributed by atoms with Crippen LogP contribution in [0, 0.1) is 0 Å². The molecule has 1 amide bonds. The molecule has 1 saturated heterocycles. The molecule has 8 heteroatoms. The number of H-pyrrole nitrogens is 1. The number of anilines is 2. The number of rotatable bonds is 4. The summed E-state index contributed by atoms with van der Waals surface area (Å²) in [6.07, 6.45) is 3.08. The van der Waals surface area contributed by atoms with Gasteiger partial charge in [0.05, 0.1) is 17.8 Å². The number of fused-ring (bicyclic) bond motifs is 1. The van der Waals surface area contributed by atoms with Crippen molar-refractivity contribution >= 4 is 28.6 Å². The number of nitrogens with zero attached hydrogens (tertiary/aromatic N) is 4. The number of amides is 1. The summed E-state index contributed by atoms with van der Waals surface area (Å²) in [5, 5.41) is 8.07. The van der Waals surface area contributed by atoms with Crippen molar-refractivity contribution in [2.45, 2.75) is 52.1 Å². The van der Waals surface area contributed by atoms with Crippen LogP contribution in [0.5, 0.6) is 0 Å². The highest BCUT2D eigenvalue weighted by Gasteiger charge is 2.22. The van der Waals surface area contributed by atoms with Crippen LogP contribution in [0.15, 0.2) is 35.3 Å². The van der Waals surface area contributed by atoms with Gasteiger partial charge in [-0.1, -0.05) is 12.1 Å². The number of nitrogens with one attached hydrogen (secondary N) is 2. The molecule has 1 aliphatic heterocycles. The third-order valence-electron chi connectivity index (χ3n) is 5.20. The molecule has 1 atom stereocenters. The zero-order valence-electron chi connectivity index (χ0n) is 17.2. The average Bonchev–Trinajstić information content (AvgIpc) is 3.28. The van der Waals surface area contributed by atoms with Crippen molar-refractivity contribution in [3.8, 4) is 0 Å². The first-order chi connectivity index (χ1) is 13.7. The molecule has 3 aromatic rings. The second-order valence-electron chi connectivity index (χ2n) is 8.49. The van der Waals surface area contributed by atoms with Crippen LogP contribution < -0.4 is 15.8 Å². The van der Waals surface area contributed by atoms with E-state index in [0.29, 0.717) is 23.4 Å². The van der Waals surface area contributed by atoms with Crippen molar-refractivity contribution in [1.82, 2.24) is 19.7 Å². The van der Waals surface area contributed by atoms with Gasteiger partial charge in [-0.3, -0.25) is 14.6 Å². The van der Waals surface area contributed by atoms with E-state index in [2.05, 4.69) is 20.4 Å². The lowest BCUT2D eigenvalue weighted by Crippen LogP contribution is -2.24. The zero-order chi connectivity index (χ0) is 20.8. The Balaban J connectivity index is 1.58. The van der Waals surface area contributed by atoms with Crippen molar-refractivity contribution in [3.63, 3.8) is 0 Å². The molecule has 0 radical (unpaired) electrons. The standard InChI is InChI=1S/C21H26N6O2/c1-13(14-7-9-15(10-8-14)26-11-5-6-17(26)28)23-20-24-18-16(19(29)25-20)12-22-27(18)21(2,3)4/h7-10,12-13H,5-6,11H2,1-4H3,(H2,23,24,25,29). The minimum absolute atomic E-state index is 0.0788. The molecule has 0 bridgehead atoms. The third-order valence-corrected chi connectivity index (χ3v) is 5.20. The summed E-state index contributed by atoms with van der Waals surface area (Å²) >= 11 is 0. The van der Waals surface area contributed by atoms with E-state index in [1.807, 2.05) is 56.9 Å². The fourth-order valence-electron chi connectivity index (χ4n) is 3.63. The van der Waals surface area contributed by atoms with Crippen LogP contribution in [-0.4, -0.2) is 32.2 Å². The summed E-state index contributed by atoms with van der Waals surface area (Å²) in [6.45, 7) is 8.83. The lowest BCUT2D eigenvalue weighted by atomic mass is 10.1. The van der Waals surface area contributed by atoms with Gasteiger partial charge in [0, 0.05) is 18.7 Å². The maximum absolute atomic E-state index is 12.5. The molecule has 152 valence electrons. The van der Waals surface area contributed by atoms with Gasteiger partial charge in [0.25, 0.3) is 5.56 Å². The second-order valence-corrected chi connectivity index (χ2v) is 8.49. The minimum atomic E-state index is -0.283. The topological polar surface area (TPSA) is 95.9 Å². The first-order valence-electron chi connectivity index (χ1n) is 9.89. The fraction of sp³-hybridized carbons (Fsp3) is 0.429. The third kappa shape index (κ3) is 3.62. The Bertz CT molecular complexity index is 1110. The van der Waals surface area contributed by atoms with Gasteiger partial charge in [-0.2, -0.15) is 10.1 Å². The highest BCUT2D eigenvalue weighted by Crippen LogP contribution is 2.25. The molecular formula is C21H26N6O2. The summed E-state index contributed by atoms with van der Waals surface area (Å²) in [7, 11) is 0. The van der Waals surface area contributed by atoms with Crippen molar-refractivity contribution < 1.29 is 4.79 Å². The van der Waals surface area contributed by atoms with E-state index in [1.54, 1.807) is 10.9 Å². The van der Waals surface area contributed by atoms with Crippen LogP contribution in [-0.2, 0) is 10.3 Å². The molecule has 1 fully saturated rings. The second kappa shape index (κ2) is 7.02. The number of carbonyl (C=O) groups is 1. The van der Waals surface area contributed by atoms with E-state index in [-0.39, 0.29) is 23.0 Å².